The lowest BCUT2D eigenvalue weighted by Crippen LogP contribution is -2.39. The van der Waals surface area contributed by atoms with Gasteiger partial charge in [0, 0.05) is 27.2 Å². The highest BCUT2D eigenvalue weighted by atomic mass is 16.5. The molecule has 1 aliphatic rings. The maximum atomic E-state index is 6.06. The van der Waals surface area contributed by atoms with E-state index in [9.17, 15) is 0 Å². The highest BCUT2D eigenvalue weighted by Gasteiger charge is 2.23. The average Bonchev–Trinajstić information content (AvgIpc) is 2.73. The summed E-state index contributed by atoms with van der Waals surface area (Å²) in [5.74, 6) is 2.62. The zero-order valence-electron chi connectivity index (χ0n) is 15.9. The molecule has 0 spiro atoms. The maximum absolute atomic E-state index is 6.06. The van der Waals surface area contributed by atoms with Crippen LogP contribution in [0.3, 0.4) is 0 Å². The van der Waals surface area contributed by atoms with Gasteiger partial charge in [0.15, 0.2) is 0 Å². The van der Waals surface area contributed by atoms with Gasteiger partial charge in [-0.2, -0.15) is 0 Å². The molecule has 1 aromatic heterocycles. The molecular weight excluding hydrogens is 340 g/mol. The Morgan fingerprint density at radius 2 is 1.93 bits per heavy atom. The van der Waals surface area contributed by atoms with E-state index in [0.29, 0.717) is 6.61 Å². The van der Waals surface area contributed by atoms with Crippen LogP contribution in [-0.4, -0.2) is 50.9 Å². The Morgan fingerprint density at radius 1 is 1.11 bits per heavy atom. The van der Waals surface area contributed by atoms with Crippen LogP contribution < -0.4 is 14.5 Å². The Balaban J connectivity index is 1.57. The quantitative estimate of drug-likeness (QED) is 0.708. The molecule has 4 rings (SSSR count). The second kappa shape index (κ2) is 7.40. The summed E-state index contributed by atoms with van der Waals surface area (Å²) in [6.07, 6.45) is 3.61. The number of morpholine rings is 1. The number of nitrogens with zero attached hydrogens (tertiary/aromatic N) is 4. The molecule has 1 saturated heterocycles. The van der Waals surface area contributed by atoms with E-state index < -0.39 is 0 Å². The van der Waals surface area contributed by atoms with Crippen LogP contribution in [0.25, 0.3) is 10.8 Å². The van der Waals surface area contributed by atoms with E-state index in [1.54, 1.807) is 13.3 Å². The van der Waals surface area contributed by atoms with Gasteiger partial charge in [0.25, 0.3) is 0 Å². The van der Waals surface area contributed by atoms with Crippen LogP contribution in [0.4, 0.5) is 11.6 Å². The predicted molar refractivity (Wildman–Crippen MR) is 108 cm³/mol. The van der Waals surface area contributed by atoms with Crippen LogP contribution >= 0.6 is 0 Å². The first-order chi connectivity index (χ1) is 13.1. The minimum Gasteiger partial charge on any atom is -0.497 e. The largest absolute Gasteiger partial charge is 0.497 e. The molecule has 0 N–H and O–H groups in total. The zero-order valence-corrected chi connectivity index (χ0v) is 15.9. The van der Waals surface area contributed by atoms with Gasteiger partial charge < -0.3 is 19.3 Å². The third-order valence-electron chi connectivity index (χ3n) is 4.90. The number of aromatic nitrogens is 2. The van der Waals surface area contributed by atoms with Gasteiger partial charge in [0.1, 0.15) is 23.5 Å². The SMILES string of the molecule is COc1ccc2cc([C@H]3CN(c4cncc(N(C)C)n4)CCO3)ccc2c1. The molecule has 6 nitrogen and oxygen atoms in total. The standard InChI is InChI=1S/C21H24N4O2/c1-24(2)20-12-22-13-21(23-20)25-8-9-27-19(14-25)17-5-4-16-11-18(26-3)7-6-15(16)10-17/h4-7,10-13,19H,8-9,14H2,1-3H3/t19-/m1/s1. The van der Waals surface area contributed by atoms with E-state index in [-0.39, 0.29) is 6.10 Å². The van der Waals surface area contributed by atoms with E-state index in [2.05, 4.69) is 40.2 Å². The van der Waals surface area contributed by atoms with Crippen molar-refractivity contribution in [3.63, 3.8) is 0 Å². The fourth-order valence-corrected chi connectivity index (χ4v) is 3.34. The lowest BCUT2D eigenvalue weighted by Gasteiger charge is -2.34. The van der Waals surface area contributed by atoms with Gasteiger partial charge in [-0.1, -0.05) is 18.2 Å². The number of hydrogen-bond donors (Lipinski definition) is 0. The molecule has 0 bridgehead atoms. The zero-order chi connectivity index (χ0) is 18.8. The normalized spacial score (nSPS) is 17.1. The number of anilines is 2. The van der Waals surface area contributed by atoms with Gasteiger partial charge in [-0.05, 0) is 34.5 Å². The topological polar surface area (TPSA) is 50.7 Å². The Kier molecular flexibility index (Phi) is 4.81. The second-order valence-electron chi connectivity index (χ2n) is 6.91. The summed E-state index contributed by atoms with van der Waals surface area (Å²) < 4.78 is 11.4. The van der Waals surface area contributed by atoms with Crippen molar-refractivity contribution < 1.29 is 9.47 Å². The Hall–Kier alpha value is -2.86. The minimum absolute atomic E-state index is 0.00932. The van der Waals surface area contributed by atoms with Crippen LogP contribution in [0, 0.1) is 0 Å². The lowest BCUT2D eigenvalue weighted by atomic mass is 10.0. The lowest BCUT2D eigenvalue weighted by molar-refractivity contribution is 0.0396. The number of rotatable bonds is 4. The van der Waals surface area contributed by atoms with Gasteiger partial charge in [-0.25, -0.2) is 4.98 Å². The molecule has 0 radical (unpaired) electrons. The van der Waals surface area contributed by atoms with Gasteiger partial charge in [-0.15, -0.1) is 0 Å². The summed E-state index contributed by atoms with van der Waals surface area (Å²) in [7, 11) is 5.63. The first kappa shape index (κ1) is 17.5. The molecule has 0 saturated carbocycles. The molecular formula is C21H24N4O2. The first-order valence-corrected chi connectivity index (χ1v) is 9.07. The molecule has 6 heteroatoms. The molecule has 1 fully saturated rings. The van der Waals surface area contributed by atoms with Crippen molar-refractivity contribution in [3.8, 4) is 5.75 Å². The van der Waals surface area contributed by atoms with Gasteiger partial charge >= 0.3 is 0 Å². The van der Waals surface area contributed by atoms with Crippen LogP contribution in [0.2, 0.25) is 0 Å². The highest BCUT2D eigenvalue weighted by molar-refractivity contribution is 5.84. The van der Waals surface area contributed by atoms with Crippen LogP contribution in [0.15, 0.2) is 48.8 Å². The van der Waals surface area contributed by atoms with E-state index >= 15 is 0 Å². The van der Waals surface area contributed by atoms with Crippen LogP contribution in [0.5, 0.6) is 5.75 Å². The molecule has 27 heavy (non-hydrogen) atoms. The summed E-state index contributed by atoms with van der Waals surface area (Å²) in [4.78, 5) is 13.3. The molecule has 0 unspecified atom stereocenters. The molecule has 140 valence electrons. The number of ether oxygens (including phenoxy) is 2. The van der Waals surface area contributed by atoms with Crippen molar-refractivity contribution in [2.75, 3.05) is 50.7 Å². The molecule has 2 heterocycles. The Bertz CT molecular complexity index is 944. The van der Waals surface area contributed by atoms with Crippen molar-refractivity contribution in [1.82, 2.24) is 9.97 Å². The highest BCUT2D eigenvalue weighted by Crippen LogP contribution is 2.29. The van der Waals surface area contributed by atoms with Gasteiger partial charge in [0.05, 0.1) is 26.1 Å². The summed E-state index contributed by atoms with van der Waals surface area (Å²) in [5, 5.41) is 2.35. The van der Waals surface area contributed by atoms with Crippen molar-refractivity contribution in [3.05, 3.63) is 54.4 Å². The van der Waals surface area contributed by atoms with Crippen LogP contribution in [0.1, 0.15) is 11.7 Å². The molecule has 0 amide bonds. The fraction of sp³-hybridized carbons (Fsp3) is 0.333. The smallest absolute Gasteiger partial charge is 0.149 e. The minimum atomic E-state index is 0.00932. The van der Waals surface area contributed by atoms with E-state index in [1.807, 2.05) is 31.3 Å². The van der Waals surface area contributed by atoms with Gasteiger partial charge in [0.2, 0.25) is 0 Å². The van der Waals surface area contributed by atoms with Crippen molar-refractivity contribution in [2.24, 2.45) is 0 Å². The summed E-state index contributed by atoms with van der Waals surface area (Å²) >= 11 is 0. The third kappa shape index (κ3) is 3.66. The van der Waals surface area contributed by atoms with Crippen LogP contribution in [-0.2, 0) is 4.74 Å². The fourth-order valence-electron chi connectivity index (χ4n) is 3.34. The van der Waals surface area contributed by atoms with E-state index in [0.717, 1.165) is 35.9 Å². The van der Waals surface area contributed by atoms with Crippen molar-refractivity contribution in [1.29, 1.82) is 0 Å². The maximum Gasteiger partial charge on any atom is 0.149 e. The summed E-state index contributed by atoms with van der Waals surface area (Å²) in [6.45, 7) is 2.24. The van der Waals surface area contributed by atoms with E-state index in [4.69, 9.17) is 14.5 Å². The number of methoxy groups -OCH3 is 1. The molecule has 1 aliphatic heterocycles. The van der Waals surface area contributed by atoms with Gasteiger partial charge in [-0.3, -0.25) is 4.98 Å². The van der Waals surface area contributed by atoms with Crippen molar-refractivity contribution >= 4 is 22.4 Å². The third-order valence-corrected chi connectivity index (χ3v) is 4.90. The number of benzene rings is 2. The first-order valence-electron chi connectivity index (χ1n) is 9.07. The summed E-state index contributed by atoms with van der Waals surface area (Å²) in [6, 6.07) is 12.6. The molecule has 1 atom stereocenters. The molecule has 2 aromatic carbocycles. The monoisotopic (exact) mass is 364 g/mol. The number of hydrogen-bond acceptors (Lipinski definition) is 6. The summed E-state index contributed by atoms with van der Waals surface area (Å²) in [5.41, 5.74) is 1.18. The molecule has 3 aromatic rings. The number of fused-ring (bicyclic) bond motifs is 1. The predicted octanol–water partition coefficient (Wildman–Crippen LogP) is 3.28. The van der Waals surface area contributed by atoms with Crippen molar-refractivity contribution in [2.45, 2.75) is 6.10 Å². The molecule has 0 aliphatic carbocycles. The second-order valence-corrected chi connectivity index (χ2v) is 6.91. The Morgan fingerprint density at radius 3 is 2.74 bits per heavy atom. The van der Waals surface area contributed by atoms with E-state index in [1.165, 1.54) is 10.9 Å². The Labute approximate surface area is 159 Å². The average molecular weight is 364 g/mol.